The zero-order chi connectivity index (χ0) is 41.7. The largest absolute Gasteiger partial charge is 0.462 e. The minimum atomic E-state index is -0.786. The van der Waals surface area contributed by atoms with Crippen molar-refractivity contribution in [3.63, 3.8) is 0 Å². The van der Waals surface area contributed by atoms with Crippen LogP contribution in [0.1, 0.15) is 265 Å². The van der Waals surface area contributed by atoms with Crippen molar-refractivity contribution in [2.24, 2.45) is 0 Å². The number of amides is 1. The van der Waals surface area contributed by atoms with E-state index in [0.29, 0.717) is 19.3 Å². The minimum absolute atomic E-state index is 0.0730. The Bertz CT molecular complexity index is 904. The predicted octanol–water partition coefficient (Wildman–Crippen LogP) is 14.7. The highest BCUT2D eigenvalue weighted by atomic mass is 16.5. The molecule has 0 aliphatic rings. The number of aliphatic hydroxyl groups excluding tert-OH is 2. The van der Waals surface area contributed by atoms with Gasteiger partial charge in [0.15, 0.2) is 0 Å². The zero-order valence-corrected chi connectivity index (χ0v) is 38.2. The average Bonchev–Trinajstić information content (AvgIpc) is 3.20. The SMILES string of the molecule is CC/C=C/C/C=C/CCCCCCCC(CC(=O)NC(CO)C(O)CCCCCCCCCCCCC)OC(=O)CCCCCCCCCCCCCCCCC. The molecule has 6 nitrogen and oxygen atoms in total. The lowest BCUT2D eigenvalue weighted by atomic mass is 10.0. The number of carbonyl (C=O) groups is 2. The molecule has 3 unspecified atom stereocenters. The monoisotopic (exact) mass is 804 g/mol. The molecule has 0 fully saturated rings. The predicted molar refractivity (Wildman–Crippen MR) is 246 cm³/mol. The van der Waals surface area contributed by atoms with E-state index in [9.17, 15) is 19.8 Å². The molecular weight excluding hydrogens is 707 g/mol. The molecule has 1 amide bonds. The number of rotatable bonds is 45. The van der Waals surface area contributed by atoms with Gasteiger partial charge in [0.25, 0.3) is 0 Å². The maximum Gasteiger partial charge on any atom is 0.306 e. The van der Waals surface area contributed by atoms with Crippen LogP contribution in [-0.2, 0) is 14.3 Å². The van der Waals surface area contributed by atoms with Crippen LogP contribution in [0, 0.1) is 0 Å². The summed E-state index contributed by atoms with van der Waals surface area (Å²) >= 11 is 0. The summed E-state index contributed by atoms with van der Waals surface area (Å²) in [4.78, 5) is 26.1. The van der Waals surface area contributed by atoms with Gasteiger partial charge in [0.2, 0.25) is 5.91 Å². The number of hydrogen-bond acceptors (Lipinski definition) is 5. The maximum atomic E-state index is 13.2. The topological polar surface area (TPSA) is 95.9 Å². The van der Waals surface area contributed by atoms with Crippen molar-refractivity contribution in [2.45, 2.75) is 283 Å². The van der Waals surface area contributed by atoms with Gasteiger partial charge in [-0.3, -0.25) is 9.59 Å². The summed E-state index contributed by atoms with van der Waals surface area (Å²) < 4.78 is 5.92. The van der Waals surface area contributed by atoms with E-state index in [4.69, 9.17) is 4.74 Å². The fourth-order valence-corrected chi connectivity index (χ4v) is 7.76. The number of carbonyl (C=O) groups excluding carboxylic acids is 2. The van der Waals surface area contributed by atoms with Gasteiger partial charge in [-0.2, -0.15) is 0 Å². The van der Waals surface area contributed by atoms with Gasteiger partial charge in [0.1, 0.15) is 6.10 Å². The van der Waals surface area contributed by atoms with Gasteiger partial charge in [-0.25, -0.2) is 0 Å². The van der Waals surface area contributed by atoms with E-state index in [-0.39, 0.29) is 24.9 Å². The van der Waals surface area contributed by atoms with E-state index in [1.54, 1.807) is 0 Å². The first-order valence-corrected chi connectivity index (χ1v) is 25.1. The third-order valence-corrected chi connectivity index (χ3v) is 11.5. The van der Waals surface area contributed by atoms with Gasteiger partial charge in [-0.05, 0) is 51.4 Å². The highest BCUT2D eigenvalue weighted by Crippen LogP contribution is 2.18. The zero-order valence-electron chi connectivity index (χ0n) is 38.2. The number of nitrogens with one attached hydrogen (secondary N) is 1. The van der Waals surface area contributed by atoms with Crippen molar-refractivity contribution in [1.82, 2.24) is 5.32 Å². The van der Waals surface area contributed by atoms with E-state index in [1.165, 1.54) is 141 Å². The lowest BCUT2D eigenvalue weighted by molar-refractivity contribution is -0.151. The molecule has 0 rings (SSSR count). The van der Waals surface area contributed by atoms with Gasteiger partial charge in [0.05, 0.1) is 25.2 Å². The first-order chi connectivity index (χ1) is 28.0. The average molecular weight is 804 g/mol. The molecule has 0 radical (unpaired) electrons. The molecular formula is C51H97NO5. The fourth-order valence-electron chi connectivity index (χ4n) is 7.76. The van der Waals surface area contributed by atoms with E-state index in [2.05, 4.69) is 50.4 Å². The molecule has 0 aromatic carbocycles. The summed E-state index contributed by atoms with van der Waals surface area (Å²) in [6.45, 7) is 6.38. The molecule has 0 bridgehead atoms. The third-order valence-electron chi connectivity index (χ3n) is 11.5. The lowest BCUT2D eigenvalue weighted by Gasteiger charge is -2.24. The van der Waals surface area contributed by atoms with Crippen molar-refractivity contribution >= 4 is 11.9 Å². The smallest absolute Gasteiger partial charge is 0.306 e. The summed E-state index contributed by atoms with van der Waals surface area (Å²) in [5, 5.41) is 23.7. The first kappa shape index (κ1) is 55.3. The highest BCUT2D eigenvalue weighted by molar-refractivity contribution is 5.77. The summed E-state index contributed by atoms with van der Waals surface area (Å²) in [5.41, 5.74) is 0. The lowest BCUT2D eigenvalue weighted by Crippen LogP contribution is -2.46. The van der Waals surface area contributed by atoms with E-state index >= 15 is 0 Å². The van der Waals surface area contributed by atoms with Crippen LogP contribution in [0.5, 0.6) is 0 Å². The first-order valence-electron chi connectivity index (χ1n) is 25.1. The Morgan fingerprint density at radius 1 is 0.526 bits per heavy atom. The van der Waals surface area contributed by atoms with Crippen molar-refractivity contribution in [2.75, 3.05) is 6.61 Å². The van der Waals surface area contributed by atoms with E-state index < -0.39 is 18.2 Å². The second kappa shape index (κ2) is 45.4. The Kier molecular flexibility index (Phi) is 44.1. The Hall–Kier alpha value is -1.66. The van der Waals surface area contributed by atoms with Gasteiger partial charge in [0, 0.05) is 6.42 Å². The number of esters is 1. The highest BCUT2D eigenvalue weighted by Gasteiger charge is 2.24. The molecule has 6 heteroatoms. The van der Waals surface area contributed by atoms with Crippen LogP contribution in [0.15, 0.2) is 24.3 Å². The Morgan fingerprint density at radius 3 is 1.42 bits per heavy atom. The van der Waals surface area contributed by atoms with Crippen LogP contribution < -0.4 is 5.32 Å². The van der Waals surface area contributed by atoms with Crippen LogP contribution in [0.4, 0.5) is 0 Å². The molecule has 0 aromatic heterocycles. The number of aliphatic hydroxyl groups is 2. The van der Waals surface area contributed by atoms with Crippen molar-refractivity contribution in [1.29, 1.82) is 0 Å². The molecule has 0 spiro atoms. The van der Waals surface area contributed by atoms with Crippen molar-refractivity contribution < 1.29 is 24.5 Å². The standard InChI is InChI=1S/C51H97NO5/c1-4-7-10-13-16-19-22-24-25-26-29-32-35-38-41-44-51(56)57-47(42-39-36-33-30-28-23-20-17-14-11-8-5-2)45-50(55)52-48(46-53)49(54)43-40-37-34-31-27-21-18-15-12-9-6-3/h8,11,17,20,47-49,53-54H,4-7,9-10,12-16,18-19,21-46H2,1-3H3,(H,52,55)/b11-8+,20-17+. The molecule has 0 aliphatic carbocycles. The summed E-state index contributed by atoms with van der Waals surface area (Å²) in [6, 6.07) is -0.700. The molecule has 57 heavy (non-hydrogen) atoms. The number of allylic oxidation sites excluding steroid dienone is 4. The van der Waals surface area contributed by atoms with E-state index in [0.717, 1.165) is 77.0 Å². The van der Waals surface area contributed by atoms with E-state index in [1.807, 2.05) is 0 Å². The summed E-state index contributed by atoms with van der Waals surface area (Å²) in [5.74, 6) is -0.476. The maximum absolute atomic E-state index is 13.2. The van der Waals surface area contributed by atoms with Crippen molar-refractivity contribution in [3.8, 4) is 0 Å². The number of ether oxygens (including phenoxy) is 1. The van der Waals surface area contributed by atoms with Crippen LogP contribution in [-0.4, -0.2) is 46.9 Å². The molecule has 0 heterocycles. The second-order valence-electron chi connectivity index (χ2n) is 17.2. The van der Waals surface area contributed by atoms with Crippen LogP contribution >= 0.6 is 0 Å². The Morgan fingerprint density at radius 2 is 0.947 bits per heavy atom. The van der Waals surface area contributed by atoms with Gasteiger partial charge < -0.3 is 20.3 Å². The number of hydrogen-bond donors (Lipinski definition) is 3. The quantitative estimate of drug-likeness (QED) is 0.0324. The molecule has 0 saturated carbocycles. The summed E-state index contributed by atoms with van der Waals surface area (Å²) in [7, 11) is 0. The third kappa shape index (κ3) is 40.9. The minimum Gasteiger partial charge on any atom is -0.462 e. The van der Waals surface area contributed by atoms with Gasteiger partial charge >= 0.3 is 5.97 Å². The molecule has 336 valence electrons. The van der Waals surface area contributed by atoms with Gasteiger partial charge in [-0.15, -0.1) is 0 Å². The molecule has 3 N–H and O–H groups in total. The Labute approximate surface area is 354 Å². The summed E-state index contributed by atoms with van der Waals surface area (Å²) in [6.07, 6.45) is 50.9. The normalized spacial score (nSPS) is 13.4. The molecule has 0 saturated heterocycles. The molecule has 0 aromatic rings. The van der Waals surface area contributed by atoms with Crippen LogP contribution in [0.2, 0.25) is 0 Å². The number of unbranched alkanes of at least 4 members (excludes halogenated alkanes) is 29. The van der Waals surface area contributed by atoms with Crippen molar-refractivity contribution in [3.05, 3.63) is 24.3 Å². The van der Waals surface area contributed by atoms with Gasteiger partial charge in [-0.1, -0.05) is 225 Å². The second-order valence-corrected chi connectivity index (χ2v) is 17.2. The van der Waals surface area contributed by atoms with Crippen LogP contribution in [0.25, 0.3) is 0 Å². The Balaban J connectivity index is 4.54. The molecule has 0 aliphatic heterocycles. The van der Waals surface area contributed by atoms with Crippen LogP contribution in [0.3, 0.4) is 0 Å². The molecule has 3 atom stereocenters. The fraction of sp³-hybridized carbons (Fsp3) is 0.882.